The third-order valence-corrected chi connectivity index (χ3v) is 4.23. The standard InChI is InChI=1S/C12H10Cl2N2S/c1-7-6-15-12(8(2)16-7)17-10-5-3-4-9(13)11(10)14/h3-6H,1-2H3. The van der Waals surface area contributed by atoms with Gasteiger partial charge in [-0.3, -0.25) is 4.98 Å². The van der Waals surface area contributed by atoms with E-state index in [0.29, 0.717) is 10.0 Å². The van der Waals surface area contributed by atoms with Gasteiger partial charge in [-0.05, 0) is 26.0 Å². The second kappa shape index (κ2) is 5.25. The smallest absolute Gasteiger partial charge is 0.122 e. The van der Waals surface area contributed by atoms with Crippen LogP contribution in [0.5, 0.6) is 0 Å². The van der Waals surface area contributed by atoms with Crippen molar-refractivity contribution >= 4 is 35.0 Å². The molecule has 1 heterocycles. The lowest BCUT2D eigenvalue weighted by Gasteiger charge is -2.07. The van der Waals surface area contributed by atoms with E-state index in [2.05, 4.69) is 9.97 Å². The summed E-state index contributed by atoms with van der Waals surface area (Å²) in [5.41, 5.74) is 1.80. The fourth-order valence-electron chi connectivity index (χ4n) is 1.35. The van der Waals surface area contributed by atoms with E-state index < -0.39 is 0 Å². The Balaban J connectivity index is 2.35. The van der Waals surface area contributed by atoms with Crippen LogP contribution in [0.25, 0.3) is 0 Å². The van der Waals surface area contributed by atoms with Crippen LogP contribution in [-0.4, -0.2) is 9.97 Å². The summed E-state index contributed by atoms with van der Waals surface area (Å²) in [7, 11) is 0. The number of benzene rings is 1. The van der Waals surface area contributed by atoms with Crippen LogP contribution >= 0.6 is 35.0 Å². The number of nitrogens with zero attached hydrogens (tertiary/aromatic N) is 2. The maximum absolute atomic E-state index is 6.13. The van der Waals surface area contributed by atoms with Gasteiger partial charge in [0.25, 0.3) is 0 Å². The van der Waals surface area contributed by atoms with Crippen LogP contribution < -0.4 is 0 Å². The molecule has 2 aromatic rings. The molecular formula is C12H10Cl2N2S. The molecule has 0 atom stereocenters. The molecule has 0 aliphatic heterocycles. The van der Waals surface area contributed by atoms with Crippen molar-refractivity contribution in [2.75, 3.05) is 0 Å². The number of hydrogen-bond donors (Lipinski definition) is 0. The summed E-state index contributed by atoms with van der Waals surface area (Å²) >= 11 is 13.6. The summed E-state index contributed by atoms with van der Waals surface area (Å²) in [6.07, 6.45) is 1.74. The number of aryl methyl sites for hydroxylation is 2. The number of halogens is 2. The molecule has 0 N–H and O–H groups in total. The summed E-state index contributed by atoms with van der Waals surface area (Å²) in [5.74, 6) is 0. The van der Waals surface area contributed by atoms with Gasteiger partial charge in [0, 0.05) is 11.1 Å². The Morgan fingerprint density at radius 1 is 1.18 bits per heavy atom. The maximum Gasteiger partial charge on any atom is 0.122 e. The molecule has 5 heteroatoms. The molecule has 1 aromatic heterocycles. The predicted molar refractivity (Wildman–Crippen MR) is 72.1 cm³/mol. The van der Waals surface area contributed by atoms with Gasteiger partial charge in [0.15, 0.2) is 0 Å². The Kier molecular flexibility index (Phi) is 3.92. The van der Waals surface area contributed by atoms with Crippen molar-refractivity contribution in [3.05, 3.63) is 45.8 Å². The Hall–Kier alpha value is -0.770. The first-order valence-corrected chi connectivity index (χ1v) is 6.57. The number of rotatable bonds is 2. The van der Waals surface area contributed by atoms with E-state index in [1.165, 1.54) is 11.8 Å². The zero-order chi connectivity index (χ0) is 12.4. The highest BCUT2D eigenvalue weighted by Crippen LogP contribution is 2.36. The van der Waals surface area contributed by atoms with E-state index >= 15 is 0 Å². The van der Waals surface area contributed by atoms with Gasteiger partial charge in [0.2, 0.25) is 0 Å². The highest BCUT2D eigenvalue weighted by Gasteiger charge is 2.09. The van der Waals surface area contributed by atoms with Crippen LogP contribution in [0, 0.1) is 13.8 Å². The lowest BCUT2D eigenvalue weighted by atomic mass is 10.4. The van der Waals surface area contributed by atoms with Crippen molar-refractivity contribution in [1.82, 2.24) is 9.97 Å². The van der Waals surface area contributed by atoms with Crippen molar-refractivity contribution in [2.24, 2.45) is 0 Å². The van der Waals surface area contributed by atoms with Crippen molar-refractivity contribution in [1.29, 1.82) is 0 Å². The predicted octanol–water partition coefficient (Wildman–Crippen LogP) is 4.55. The van der Waals surface area contributed by atoms with Gasteiger partial charge in [-0.2, -0.15) is 0 Å². The Morgan fingerprint density at radius 3 is 2.65 bits per heavy atom. The fraction of sp³-hybridized carbons (Fsp3) is 0.167. The van der Waals surface area contributed by atoms with Gasteiger partial charge in [-0.1, -0.05) is 41.0 Å². The minimum Gasteiger partial charge on any atom is -0.254 e. The SMILES string of the molecule is Cc1cnc(Sc2cccc(Cl)c2Cl)c(C)n1. The van der Waals surface area contributed by atoms with E-state index in [0.717, 1.165) is 21.3 Å². The molecule has 2 nitrogen and oxygen atoms in total. The van der Waals surface area contributed by atoms with Gasteiger partial charge in [-0.25, -0.2) is 4.98 Å². The molecule has 0 amide bonds. The second-order valence-corrected chi connectivity index (χ2v) is 5.37. The maximum atomic E-state index is 6.13. The molecule has 0 aliphatic rings. The average molecular weight is 285 g/mol. The molecule has 1 aromatic carbocycles. The quantitative estimate of drug-likeness (QED) is 0.809. The first-order valence-electron chi connectivity index (χ1n) is 5.00. The lowest BCUT2D eigenvalue weighted by Crippen LogP contribution is -1.92. The molecule has 0 saturated heterocycles. The molecule has 0 fully saturated rings. The summed E-state index contributed by atoms with van der Waals surface area (Å²) in [6.45, 7) is 3.85. The van der Waals surface area contributed by atoms with Crippen molar-refractivity contribution in [3.63, 3.8) is 0 Å². The summed E-state index contributed by atoms with van der Waals surface area (Å²) < 4.78 is 0. The fourth-order valence-corrected chi connectivity index (χ4v) is 2.68. The van der Waals surface area contributed by atoms with Crippen molar-refractivity contribution in [3.8, 4) is 0 Å². The summed E-state index contributed by atoms with van der Waals surface area (Å²) in [4.78, 5) is 9.59. The third kappa shape index (κ3) is 2.92. The molecule has 88 valence electrons. The van der Waals surface area contributed by atoms with Crippen LogP contribution in [0.1, 0.15) is 11.4 Å². The average Bonchev–Trinajstić information content (AvgIpc) is 2.28. The molecule has 0 spiro atoms. The molecule has 0 aliphatic carbocycles. The van der Waals surface area contributed by atoms with E-state index in [1.54, 1.807) is 12.3 Å². The van der Waals surface area contributed by atoms with E-state index in [1.807, 2.05) is 26.0 Å². The minimum atomic E-state index is 0.550. The third-order valence-electron chi connectivity index (χ3n) is 2.15. The first kappa shape index (κ1) is 12.7. The van der Waals surface area contributed by atoms with E-state index in [9.17, 15) is 0 Å². The largest absolute Gasteiger partial charge is 0.254 e. The number of hydrogen-bond acceptors (Lipinski definition) is 3. The molecule has 0 radical (unpaired) electrons. The first-order chi connectivity index (χ1) is 8.08. The Bertz CT molecular complexity index is 558. The van der Waals surface area contributed by atoms with Crippen LogP contribution in [0.15, 0.2) is 34.3 Å². The zero-order valence-corrected chi connectivity index (χ0v) is 11.7. The van der Waals surface area contributed by atoms with Gasteiger partial charge >= 0.3 is 0 Å². The molecule has 0 unspecified atom stereocenters. The highest BCUT2D eigenvalue weighted by atomic mass is 35.5. The molecular weight excluding hydrogens is 275 g/mol. The van der Waals surface area contributed by atoms with Crippen molar-refractivity contribution in [2.45, 2.75) is 23.8 Å². The monoisotopic (exact) mass is 284 g/mol. The summed E-state index contributed by atoms with van der Waals surface area (Å²) in [5, 5.41) is 1.95. The van der Waals surface area contributed by atoms with Crippen LogP contribution in [0.3, 0.4) is 0 Å². The molecule has 2 rings (SSSR count). The number of aromatic nitrogens is 2. The van der Waals surface area contributed by atoms with Gasteiger partial charge < -0.3 is 0 Å². The highest BCUT2D eigenvalue weighted by molar-refractivity contribution is 7.99. The van der Waals surface area contributed by atoms with Gasteiger partial charge in [0.05, 0.1) is 21.4 Å². The van der Waals surface area contributed by atoms with Gasteiger partial charge in [0.1, 0.15) is 5.03 Å². The van der Waals surface area contributed by atoms with Crippen LogP contribution in [-0.2, 0) is 0 Å². The van der Waals surface area contributed by atoms with Gasteiger partial charge in [-0.15, -0.1) is 0 Å². The molecule has 17 heavy (non-hydrogen) atoms. The van der Waals surface area contributed by atoms with Crippen molar-refractivity contribution < 1.29 is 0 Å². The van der Waals surface area contributed by atoms with Crippen LogP contribution in [0.2, 0.25) is 10.0 Å². The lowest BCUT2D eigenvalue weighted by molar-refractivity contribution is 0.951. The normalized spacial score (nSPS) is 10.6. The van der Waals surface area contributed by atoms with E-state index in [4.69, 9.17) is 23.2 Å². The zero-order valence-electron chi connectivity index (χ0n) is 9.37. The Labute approximate surface area is 114 Å². The van der Waals surface area contributed by atoms with E-state index in [-0.39, 0.29) is 0 Å². The second-order valence-electron chi connectivity index (χ2n) is 3.56. The molecule has 0 saturated carbocycles. The van der Waals surface area contributed by atoms with Crippen LogP contribution in [0.4, 0.5) is 0 Å². The molecule has 0 bridgehead atoms. The Morgan fingerprint density at radius 2 is 1.94 bits per heavy atom. The summed E-state index contributed by atoms with van der Waals surface area (Å²) in [6, 6.07) is 5.55. The minimum absolute atomic E-state index is 0.550. The topological polar surface area (TPSA) is 25.8 Å².